The molecule has 1 amide bonds. The molecule has 0 saturated carbocycles. The van der Waals surface area contributed by atoms with Crippen LogP contribution in [0.4, 0.5) is 18.9 Å². The van der Waals surface area contributed by atoms with Crippen LogP contribution in [-0.4, -0.2) is 20.6 Å². The van der Waals surface area contributed by atoms with Crippen LogP contribution in [0.15, 0.2) is 59.4 Å². The zero-order valence-corrected chi connectivity index (χ0v) is 16.0. The van der Waals surface area contributed by atoms with Crippen molar-refractivity contribution < 1.29 is 22.9 Å². The number of carbonyl (C=O) groups is 1. The van der Waals surface area contributed by atoms with Gasteiger partial charge in [0.2, 0.25) is 5.43 Å². The van der Waals surface area contributed by atoms with E-state index in [0.717, 1.165) is 16.8 Å². The van der Waals surface area contributed by atoms with E-state index >= 15 is 0 Å². The molecule has 3 aromatic rings. The van der Waals surface area contributed by atoms with Gasteiger partial charge in [0.25, 0.3) is 11.6 Å². The predicted octanol–water partition coefficient (Wildman–Crippen LogP) is 3.40. The first-order chi connectivity index (χ1) is 14.6. The minimum atomic E-state index is -4.68. The van der Waals surface area contributed by atoms with E-state index < -0.39 is 33.7 Å². The lowest BCUT2D eigenvalue weighted by Crippen LogP contribution is -2.32. The number of benzene rings is 2. The minimum Gasteiger partial charge on any atom is -0.346 e. The van der Waals surface area contributed by atoms with Crippen LogP contribution in [0.5, 0.6) is 0 Å². The normalized spacial score (nSPS) is 11.2. The highest BCUT2D eigenvalue weighted by Gasteiger charge is 2.34. The van der Waals surface area contributed by atoms with Gasteiger partial charge in [-0.1, -0.05) is 30.3 Å². The molecule has 0 fully saturated rings. The Morgan fingerprint density at radius 1 is 1.16 bits per heavy atom. The maximum Gasteiger partial charge on any atom is 0.418 e. The third-order valence-electron chi connectivity index (χ3n) is 4.39. The first-order valence-corrected chi connectivity index (χ1v) is 8.87. The molecule has 0 radical (unpaired) electrons. The van der Waals surface area contributed by atoms with Gasteiger partial charge in [-0.2, -0.15) is 18.3 Å². The number of nitro benzene ring substituents is 1. The summed E-state index contributed by atoms with van der Waals surface area (Å²) in [4.78, 5) is 35.2. The molecular weight excluding hydrogens is 417 g/mol. The monoisotopic (exact) mass is 432 g/mol. The first kappa shape index (κ1) is 21.7. The quantitative estimate of drug-likeness (QED) is 0.491. The summed E-state index contributed by atoms with van der Waals surface area (Å²) >= 11 is 0. The molecule has 8 nitrogen and oxygen atoms in total. The van der Waals surface area contributed by atoms with E-state index in [0.29, 0.717) is 0 Å². The van der Waals surface area contributed by atoms with Gasteiger partial charge in [-0.15, -0.1) is 0 Å². The number of aromatic nitrogens is 2. The summed E-state index contributed by atoms with van der Waals surface area (Å²) in [6.45, 7) is 1.11. The molecule has 31 heavy (non-hydrogen) atoms. The molecule has 0 aliphatic carbocycles. The lowest BCUT2D eigenvalue weighted by atomic mass is 10.1. The average Bonchev–Trinajstić information content (AvgIpc) is 2.71. The van der Waals surface area contributed by atoms with Crippen molar-refractivity contribution in [3.63, 3.8) is 0 Å². The number of para-hydroxylation sites is 2. The fourth-order valence-corrected chi connectivity index (χ4v) is 2.94. The van der Waals surface area contributed by atoms with Crippen LogP contribution in [0.1, 0.15) is 27.3 Å². The number of amides is 1. The third kappa shape index (κ3) is 4.60. The summed E-state index contributed by atoms with van der Waals surface area (Å²) in [5, 5.41) is 17.3. The SMILES string of the molecule is Cc1cc(=O)c(C(=O)NCc2ccccc2[N+](=O)[O-])nn1-c1ccccc1C(F)(F)F. The van der Waals surface area contributed by atoms with Gasteiger partial charge in [-0.3, -0.25) is 19.7 Å². The summed E-state index contributed by atoms with van der Waals surface area (Å²) in [5.74, 6) is -0.971. The van der Waals surface area contributed by atoms with Gasteiger partial charge in [-0.05, 0) is 19.1 Å². The number of aryl methyl sites for hydroxylation is 1. The van der Waals surface area contributed by atoms with Crippen molar-refractivity contribution in [2.45, 2.75) is 19.6 Å². The number of alkyl halides is 3. The van der Waals surface area contributed by atoms with Crippen molar-refractivity contribution in [3.05, 3.63) is 97.4 Å². The maximum atomic E-state index is 13.4. The van der Waals surface area contributed by atoms with Gasteiger partial charge in [0.15, 0.2) is 5.69 Å². The molecule has 0 saturated heterocycles. The highest BCUT2D eigenvalue weighted by Crippen LogP contribution is 2.33. The second-order valence-electron chi connectivity index (χ2n) is 6.49. The standard InChI is InChI=1S/C20H15F3N4O4/c1-12-10-17(28)18(19(29)24-11-13-6-2-4-8-15(13)27(30)31)25-26(12)16-9-5-3-7-14(16)20(21,22)23/h2-10H,11H2,1H3,(H,24,29). The number of hydrogen-bond acceptors (Lipinski definition) is 5. The average molecular weight is 432 g/mol. The summed E-state index contributed by atoms with van der Waals surface area (Å²) < 4.78 is 41.0. The van der Waals surface area contributed by atoms with E-state index in [9.17, 15) is 32.9 Å². The van der Waals surface area contributed by atoms with Crippen molar-refractivity contribution in [1.82, 2.24) is 15.1 Å². The van der Waals surface area contributed by atoms with Gasteiger partial charge in [-0.25, -0.2) is 4.68 Å². The van der Waals surface area contributed by atoms with Gasteiger partial charge < -0.3 is 5.32 Å². The summed E-state index contributed by atoms with van der Waals surface area (Å²) in [6.07, 6.45) is -4.68. The molecule has 0 spiro atoms. The lowest BCUT2D eigenvalue weighted by molar-refractivity contribution is -0.385. The van der Waals surface area contributed by atoms with Crippen LogP contribution >= 0.6 is 0 Å². The van der Waals surface area contributed by atoms with Crippen molar-refractivity contribution in [2.24, 2.45) is 0 Å². The number of carbonyl (C=O) groups excluding carboxylic acids is 1. The number of halogens is 3. The molecule has 1 aromatic heterocycles. The summed E-state index contributed by atoms with van der Waals surface area (Å²) in [7, 11) is 0. The second kappa shape index (κ2) is 8.38. The molecular formula is C20H15F3N4O4. The summed E-state index contributed by atoms with van der Waals surface area (Å²) in [5.41, 5.74) is -2.70. The van der Waals surface area contributed by atoms with Gasteiger partial charge in [0.05, 0.1) is 16.2 Å². The number of hydrogen-bond donors (Lipinski definition) is 1. The predicted molar refractivity (Wildman–Crippen MR) is 104 cm³/mol. The Balaban J connectivity index is 1.97. The second-order valence-corrected chi connectivity index (χ2v) is 6.49. The maximum absolute atomic E-state index is 13.4. The van der Waals surface area contributed by atoms with Crippen LogP contribution in [0, 0.1) is 17.0 Å². The molecule has 1 heterocycles. The fraction of sp³-hybridized carbons (Fsp3) is 0.150. The third-order valence-corrected chi connectivity index (χ3v) is 4.39. The largest absolute Gasteiger partial charge is 0.418 e. The Labute approximate surface area is 173 Å². The Morgan fingerprint density at radius 3 is 2.48 bits per heavy atom. The van der Waals surface area contributed by atoms with Crippen molar-refractivity contribution in [2.75, 3.05) is 0 Å². The molecule has 0 unspecified atom stereocenters. The van der Waals surface area contributed by atoms with E-state index in [1.165, 1.54) is 43.3 Å². The Hall–Kier alpha value is -4.02. The number of nitrogens with one attached hydrogen (secondary N) is 1. The fourth-order valence-electron chi connectivity index (χ4n) is 2.94. The zero-order valence-electron chi connectivity index (χ0n) is 16.0. The van der Waals surface area contributed by atoms with Crippen molar-refractivity contribution in [1.29, 1.82) is 0 Å². The van der Waals surface area contributed by atoms with Crippen molar-refractivity contribution >= 4 is 11.6 Å². The van der Waals surface area contributed by atoms with Gasteiger partial charge >= 0.3 is 6.18 Å². The molecule has 1 N–H and O–H groups in total. The van der Waals surface area contributed by atoms with Crippen LogP contribution < -0.4 is 10.7 Å². The smallest absolute Gasteiger partial charge is 0.346 e. The Kier molecular flexibility index (Phi) is 5.86. The van der Waals surface area contributed by atoms with Crippen LogP contribution in [-0.2, 0) is 12.7 Å². The Bertz CT molecular complexity index is 1220. The Morgan fingerprint density at radius 2 is 1.81 bits per heavy atom. The van der Waals surface area contributed by atoms with E-state index in [1.54, 1.807) is 6.07 Å². The van der Waals surface area contributed by atoms with Crippen LogP contribution in [0.2, 0.25) is 0 Å². The zero-order chi connectivity index (χ0) is 22.8. The minimum absolute atomic E-state index is 0.0944. The van der Waals surface area contributed by atoms with Gasteiger partial charge in [0.1, 0.15) is 0 Å². The van der Waals surface area contributed by atoms with E-state index in [-0.39, 0.29) is 29.2 Å². The molecule has 160 valence electrons. The van der Waals surface area contributed by atoms with E-state index in [1.807, 2.05) is 0 Å². The molecule has 11 heteroatoms. The highest BCUT2D eigenvalue weighted by atomic mass is 19.4. The van der Waals surface area contributed by atoms with Crippen LogP contribution in [0.3, 0.4) is 0 Å². The number of rotatable bonds is 5. The molecule has 0 atom stereocenters. The lowest BCUT2D eigenvalue weighted by Gasteiger charge is -2.16. The van der Waals surface area contributed by atoms with Crippen molar-refractivity contribution in [3.8, 4) is 5.69 Å². The van der Waals surface area contributed by atoms with E-state index in [2.05, 4.69) is 10.4 Å². The first-order valence-electron chi connectivity index (χ1n) is 8.87. The van der Waals surface area contributed by atoms with Crippen LogP contribution in [0.25, 0.3) is 5.69 Å². The topological polar surface area (TPSA) is 107 Å². The number of nitro groups is 1. The molecule has 3 rings (SSSR count). The number of nitrogens with zero attached hydrogens (tertiary/aromatic N) is 3. The van der Waals surface area contributed by atoms with Gasteiger partial charge in [0, 0.05) is 29.9 Å². The molecule has 0 aliphatic rings. The summed E-state index contributed by atoms with van der Waals surface area (Å²) in [6, 6.07) is 11.3. The highest BCUT2D eigenvalue weighted by molar-refractivity contribution is 5.92. The molecule has 0 bridgehead atoms. The molecule has 2 aromatic carbocycles. The molecule has 0 aliphatic heterocycles. The van der Waals surface area contributed by atoms with E-state index in [4.69, 9.17) is 0 Å².